The highest BCUT2D eigenvalue weighted by atomic mass is 32.2. The van der Waals surface area contributed by atoms with Gasteiger partial charge in [0.1, 0.15) is 34.6 Å². The Labute approximate surface area is 373 Å². The average molecular weight is 941 g/mol. The maximum atomic E-state index is 13.5. The number of nitrogens with one attached hydrogen (secondary N) is 2. The summed E-state index contributed by atoms with van der Waals surface area (Å²) in [4.78, 5) is 22.6. The van der Waals surface area contributed by atoms with Gasteiger partial charge in [0.2, 0.25) is 21.3 Å². The minimum Gasteiger partial charge on any atom is -0.744 e. The summed E-state index contributed by atoms with van der Waals surface area (Å²) in [5.74, 6) is 0.261. The van der Waals surface area contributed by atoms with Crippen LogP contribution < -0.4 is 24.9 Å². The molecule has 1 amide bonds. The number of anilines is 1. The molecule has 0 unspecified atom stereocenters. The van der Waals surface area contributed by atoms with Gasteiger partial charge in [-0.3, -0.25) is 4.79 Å². The Kier molecular flexibility index (Phi) is 16.4. The van der Waals surface area contributed by atoms with Crippen LogP contribution in [-0.4, -0.2) is 98.5 Å². The number of nitrogens with zero attached hydrogens (tertiary/aromatic N) is 4. The Morgan fingerprint density at radius 1 is 0.887 bits per heavy atom. The van der Waals surface area contributed by atoms with Crippen LogP contribution in [0.2, 0.25) is 32.2 Å². The Balaban J connectivity index is 1.29. The zero-order valence-corrected chi connectivity index (χ0v) is 41.7. The van der Waals surface area contributed by atoms with Gasteiger partial charge in [0, 0.05) is 90.3 Å². The van der Waals surface area contributed by atoms with Gasteiger partial charge in [-0.15, -0.1) is 0 Å². The molecule has 3 aromatic rings. The summed E-state index contributed by atoms with van der Waals surface area (Å²) in [6.45, 7) is 21.7. The minimum absolute atomic E-state index is 0.00881. The molecule has 1 aliphatic heterocycles. The van der Waals surface area contributed by atoms with Gasteiger partial charge in [-0.05, 0) is 109 Å². The van der Waals surface area contributed by atoms with Crippen molar-refractivity contribution < 1.29 is 34.7 Å². The first-order chi connectivity index (χ1) is 29.2. The van der Waals surface area contributed by atoms with E-state index in [0.29, 0.717) is 34.3 Å². The zero-order chi connectivity index (χ0) is 45.5. The molecule has 0 saturated carbocycles. The van der Waals surface area contributed by atoms with Gasteiger partial charge in [0.25, 0.3) is 0 Å². The number of carbonyl (C=O) groups excluding carboxylic acids is 1. The van der Waals surface area contributed by atoms with E-state index in [2.05, 4.69) is 55.7 Å². The number of thioether (sulfide) groups is 1. The molecule has 0 radical (unpaired) electrons. The van der Waals surface area contributed by atoms with Gasteiger partial charge in [0.05, 0.1) is 15.9 Å². The number of aryl methyl sites for hydroxylation is 1. The highest BCUT2D eigenvalue weighted by molar-refractivity contribution is 8.00. The Bertz CT molecular complexity index is 2630. The molecule has 2 aromatic carbocycles. The van der Waals surface area contributed by atoms with Crippen molar-refractivity contribution in [1.29, 1.82) is 0 Å². The van der Waals surface area contributed by atoms with Crippen LogP contribution in [-0.2, 0) is 29.1 Å². The van der Waals surface area contributed by atoms with Crippen molar-refractivity contribution in [2.75, 3.05) is 49.5 Å². The lowest BCUT2D eigenvalue weighted by Gasteiger charge is -2.33. The van der Waals surface area contributed by atoms with Crippen LogP contribution in [0.25, 0.3) is 33.4 Å². The van der Waals surface area contributed by atoms with Crippen LogP contribution in [0.5, 0.6) is 0 Å². The topological polar surface area (TPSA) is 187 Å². The first-order valence-corrected chi connectivity index (χ1v) is 31.1. The highest BCUT2D eigenvalue weighted by Crippen LogP contribution is 2.43. The van der Waals surface area contributed by atoms with Crippen molar-refractivity contribution >= 4 is 71.1 Å². The second-order valence-electron chi connectivity index (χ2n) is 16.3. The summed E-state index contributed by atoms with van der Waals surface area (Å²) >= 11 is 1.60. The van der Waals surface area contributed by atoms with E-state index < -0.39 is 46.6 Å². The van der Waals surface area contributed by atoms with Crippen LogP contribution in [0.15, 0.2) is 86.4 Å². The molecule has 0 spiro atoms. The smallest absolute Gasteiger partial charge is 0.240 e. The van der Waals surface area contributed by atoms with Crippen molar-refractivity contribution in [3.8, 4) is 22.5 Å². The molecule has 0 atom stereocenters. The molecule has 2 N–H and O–H groups in total. The third-order valence-corrected chi connectivity index (χ3v) is 22.7. The zero-order valence-electron chi connectivity index (χ0n) is 37.2. The summed E-state index contributed by atoms with van der Waals surface area (Å²) in [5, 5.41) is 5.78. The molecule has 0 bridgehead atoms. The minimum atomic E-state index is -5.20. The van der Waals surface area contributed by atoms with Gasteiger partial charge in [0.15, 0.2) is 21.8 Å². The molecular weight excluding hydrogens is 881 g/mol. The van der Waals surface area contributed by atoms with Crippen LogP contribution in [0.4, 0.5) is 5.69 Å². The lowest BCUT2D eigenvalue weighted by Crippen LogP contribution is -2.46. The number of amides is 1. The molecule has 336 valence electrons. The number of hydrogen-bond acceptors (Lipinski definition) is 12. The quantitative estimate of drug-likeness (QED) is 0.0149. The molecular formula is C43H60N6O8S3Si2. The fourth-order valence-corrected chi connectivity index (χ4v) is 19.8. The van der Waals surface area contributed by atoms with Crippen molar-refractivity contribution in [3.63, 3.8) is 0 Å². The average Bonchev–Trinajstić information content (AvgIpc) is 3.21. The molecule has 0 saturated heterocycles. The Morgan fingerprint density at radius 2 is 1.56 bits per heavy atom. The molecule has 62 heavy (non-hydrogen) atoms. The monoisotopic (exact) mass is 940 g/mol. The van der Waals surface area contributed by atoms with E-state index in [0.717, 1.165) is 65.4 Å². The second-order valence-corrected chi connectivity index (χ2v) is 29.6. The molecule has 2 aliphatic rings. The van der Waals surface area contributed by atoms with Crippen LogP contribution in [0, 0.1) is 6.92 Å². The normalized spacial score (nSPS) is 12.5. The number of aromatic nitrogens is 2. The number of carbonyl (C=O) groups is 1. The summed E-state index contributed by atoms with van der Waals surface area (Å²) in [6, 6.07) is 15.6. The molecule has 14 nitrogen and oxygen atoms in total. The fraction of sp³-hybridized carbons (Fsp3) is 0.442. The number of fused-ring (bicyclic) bond motifs is 2. The molecule has 1 aromatic heterocycles. The van der Waals surface area contributed by atoms with Crippen molar-refractivity contribution in [2.45, 2.75) is 94.6 Å². The second kappa shape index (κ2) is 20.7. The molecule has 2 heterocycles. The molecule has 5 rings (SSSR count). The van der Waals surface area contributed by atoms with E-state index in [-0.39, 0.29) is 31.0 Å². The summed E-state index contributed by atoms with van der Waals surface area (Å²) in [5.41, 5.74) is 3.45. The predicted octanol–water partition coefficient (Wildman–Crippen LogP) is 6.80. The molecule has 19 heteroatoms. The van der Waals surface area contributed by atoms with E-state index in [1.165, 1.54) is 12.1 Å². The standard InChI is InChI=1S/C43H60N6O8S3Si2/c1-10-48(11-2)32-16-19-35-38(25-32)56-39-26-33(49(12-3)13-4)17-20-36(39)42(35)37-21-18-34(27-40(37)60(53,54)55)59(51,52)47-23-22-44-41(50)15-14-24-61(6,7)57-62(8,9)30-58-43-45-28-31(5)29-46-43/h16-21,25-29,47H,10-15,22-24,30H2,1-9H3,(H-,44,50,53,54,55). The maximum Gasteiger partial charge on any atom is 0.240 e. The van der Waals surface area contributed by atoms with Crippen LogP contribution in [0.1, 0.15) is 46.1 Å². The van der Waals surface area contributed by atoms with Gasteiger partial charge in [-0.2, -0.15) is 0 Å². The summed E-state index contributed by atoms with van der Waals surface area (Å²) in [7, 11) is -13.6. The summed E-state index contributed by atoms with van der Waals surface area (Å²) in [6.07, 6.45) is 4.49. The molecule has 1 aliphatic carbocycles. The van der Waals surface area contributed by atoms with Gasteiger partial charge in [-0.25, -0.2) is 36.1 Å². The number of benzene rings is 3. The van der Waals surface area contributed by atoms with Gasteiger partial charge >= 0.3 is 0 Å². The Morgan fingerprint density at radius 3 is 2.21 bits per heavy atom. The van der Waals surface area contributed by atoms with E-state index in [1.807, 2.05) is 71.0 Å². The highest BCUT2D eigenvalue weighted by Gasteiger charge is 2.33. The van der Waals surface area contributed by atoms with E-state index in [1.54, 1.807) is 24.2 Å². The fourth-order valence-electron chi connectivity index (χ4n) is 7.57. The predicted molar refractivity (Wildman–Crippen MR) is 252 cm³/mol. The Hall–Kier alpha value is -3.96. The van der Waals surface area contributed by atoms with Crippen molar-refractivity contribution in [1.82, 2.24) is 24.6 Å². The third kappa shape index (κ3) is 12.6. The maximum absolute atomic E-state index is 13.5. The first-order valence-electron chi connectivity index (χ1n) is 21.0. The SMILES string of the molecule is CCN(CC)c1ccc2c(-c3ccc(S(=O)(=O)NCCNC(=O)CCC[Si](C)(C)O[Si](C)(C)CSc4ncc(C)cn4)cc3S(=O)(=O)[O-])c3ccc(=[N+](CC)CC)cc-3oc2c1. The number of rotatable bonds is 21. The largest absolute Gasteiger partial charge is 0.744 e. The van der Waals surface area contributed by atoms with Crippen LogP contribution >= 0.6 is 11.8 Å². The van der Waals surface area contributed by atoms with Gasteiger partial charge in [-0.1, -0.05) is 17.8 Å². The van der Waals surface area contributed by atoms with Crippen molar-refractivity contribution in [3.05, 3.63) is 77.9 Å². The van der Waals surface area contributed by atoms with Gasteiger partial charge < -0.3 is 23.3 Å². The number of sulfonamides is 1. The first kappa shape index (κ1) is 49.1. The van der Waals surface area contributed by atoms with E-state index in [9.17, 15) is 26.2 Å². The van der Waals surface area contributed by atoms with E-state index >= 15 is 0 Å². The summed E-state index contributed by atoms with van der Waals surface area (Å²) < 4.78 is 83.8. The lowest BCUT2D eigenvalue weighted by molar-refractivity contribution is -0.121. The van der Waals surface area contributed by atoms with Crippen LogP contribution in [0.3, 0.4) is 0 Å². The lowest BCUT2D eigenvalue weighted by atomic mass is 9.93. The molecule has 0 fully saturated rings. The third-order valence-electron chi connectivity index (χ3n) is 10.5. The van der Waals surface area contributed by atoms with E-state index in [4.69, 9.17) is 8.53 Å². The number of hydrogen-bond donors (Lipinski definition) is 2. The van der Waals surface area contributed by atoms with Crippen molar-refractivity contribution in [2.24, 2.45) is 0 Å².